The number of anilines is 1. The van der Waals surface area contributed by atoms with Crippen molar-refractivity contribution < 1.29 is 4.74 Å². The molecule has 84 valence electrons. The summed E-state index contributed by atoms with van der Waals surface area (Å²) in [5, 5.41) is 3.05. The molecule has 4 nitrogen and oxygen atoms in total. The first-order valence-corrected chi connectivity index (χ1v) is 5.38. The molecule has 0 aliphatic carbocycles. The molecular formula is C11H17NO3. The van der Waals surface area contributed by atoms with E-state index in [1.165, 1.54) is 0 Å². The van der Waals surface area contributed by atoms with Gasteiger partial charge in [-0.05, 0) is 19.8 Å². The molecule has 0 aliphatic rings. The van der Waals surface area contributed by atoms with Crippen LogP contribution in [0.1, 0.15) is 33.6 Å². The molecule has 0 saturated carbocycles. The topological polar surface area (TPSA) is 55.4 Å². The maximum Gasteiger partial charge on any atom is 0.272 e. The quantitative estimate of drug-likeness (QED) is 0.720. The minimum Gasteiger partial charge on any atom is -0.488 e. The second-order valence-electron chi connectivity index (χ2n) is 3.45. The lowest BCUT2D eigenvalue weighted by atomic mass is 10.1. The van der Waals surface area contributed by atoms with E-state index in [2.05, 4.69) is 5.32 Å². The third-order valence-corrected chi connectivity index (χ3v) is 2.49. The minimum absolute atomic E-state index is 0.203. The standard InChI is InChI=1S/C11H17NO3/c1-4-7(5-2)12-8-9(13)10(14)11(8)15-6-3/h7,12H,4-6H2,1-3H3. The maximum absolute atomic E-state index is 11.3. The molecule has 15 heavy (non-hydrogen) atoms. The fraction of sp³-hybridized carbons (Fsp3) is 0.636. The van der Waals surface area contributed by atoms with Crippen LogP contribution in [0.2, 0.25) is 0 Å². The maximum atomic E-state index is 11.3. The molecule has 0 bridgehead atoms. The summed E-state index contributed by atoms with van der Waals surface area (Å²) >= 11 is 0. The predicted octanol–water partition coefficient (Wildman–Crippen LogP) is 1.28. The molecule has 0 aliphatic heterocycles. The monoisotopic (exact) mass is 211 g/mol. The van der Waals surface area contributed by atoms with Crippen molar-refractivity contribution in [2.45, 2.75) is 39.7 Å². The molecule has 0 aromatic heterocycles. The Balaban J connectivity index is 2.81. The van der Waals surface area contributed by atoms with Gasteiger partial charge in [0.2, 0.25) is 0 Å². The highest BCUT2D eigenvalue weighted by molar-refractivity contribution is 5.62. The zero-order valence-electron chi connectivity index (χ0n) is 9.42. The Morgan fingerprint density at radius 3 is 2.20 bits per heavy atom. The highest BCUT2D eigenvalue weighted by atomic mass is 16.5. The van der Waals surface area contributed by atoms with Crippen molar-refractivity contribution in [2.75, 3.05) is 11.9 Å². The first-order valence-electron chi connectivity index (χ1n) is 5.38. The number of nitrogens with one attached hydrogen (secondary N) is 1. The summed E-state index contributed by atoms with van der Waals surface area (Å²) in [5.41, 5.74) is -0.605. The summed E-state index contributed by atoms with van der Waals surface area (Å²) in [7, 11) is 0. The van der Waals surface area contributed by atoms with Gasteiger partial charge in [0, 0.05) is 6.04 Å². The molecule has 0 atom stereocenters. The molecule has 4 heteroatoms. The lowest BCUT2D eigenvalue weighted by Crippen LogP contribution is -2.38. The van der Waals surface area contributed by atoms with E-state index in [1.807, 2.05) is 13.8 Å². The Kier molecular flexibility index (Phi) is 3.88. The second kappa shape index (κ2) is 4.96. The Morgan fingerprint density at radius 2 is 1.73 bits per heavy atom. The smallest absolute Gasteiger partial charge is 0.272 e. The SMILES string of the molecule is CCOc1c(NC(CC)CC)c(=O)c1=O. The van der Waals surface area contributed by atoms with Crippen molar-refractivity contribution in [3.05, 3.63) is 20.4 Å². The molecule has 0 heterocycles. The van der Waals surface area contributed by atoms with Crippen LogP contribution in [0.4, 0.5) is 5.69 Å². The average Bonchev–Trinajstić information content (AvgIpc) is 2.28. The van der Waals surface area contributed by atoms with E-state index in [4.69, 9.17) is 4.74 Å². The van der Waals surface area contributed by atoms with Crippen LogP contribution < -0.4 is 20.9 Å². The van der Waals surface area contributed by atoms with Crippen LogP contribution >= 0.6 is 0 Å². The van der Waals surface area contributed by atoms with E-state index >= 15 is 0 Å². The Morgan fingerprint density at radius 1 is 1.13 bits per heavy atom. The summed E-state index contributed by atoms with van der Waals surface area (Å²) in [6, 6.07) is 0.229. The highest BCUT2D eigenvalue weighted by Gasteiger charge is 2.23. The van der Waals surface area contributed by atoms with Gasteiger partial charge in [-0.1, -0.05) is 13.8 Å². The van der Waals surface area contributed by atoms with Crippen LogP contribution in [0.15, 0.2) is 9.59 Å². The molecule has 1 aromatic carbocycles. The molecule has 0 amide bonds. The fourth-order valence-corrected chi connectivity index (χ4v) is 1.48. The van der Waals surface area contributed by atoms with Gasteiger partial charge in [0.15, 0.2) is 5.75 Å². The minimum atomic E-state index is -0.509. The van der Waals surface area contributed by atoms with Crippen LogP contribution in [-0.2, 0) is 0 Å². The molecule has 1 rings (SSSR count). The number of rotatable bonds is 6. The lowest BCUT2D eigenvalue weighted by molar-refractivity contribution is 0.334. The summed E-state index contributed by atoms with van der Waals surface area (Å²) in [6.45, 7) is 6.26. The Labute approximate surface area is 89.0 Å². The normalized spacial score (nSPS) is 10.9. The molecule has 1 N–H and O–H groups in total. The third-order valence-electron chi connectivity index (χ3n) is 2.49. The highest BCUT2D eigenvalue weighted by Crippen LogP contribution is 2.19. The van der Waals surface area contributed by atoms with Crippen LogP contribution in [0.25, 0.3) is 0 Å². The van der Waals surface area contributed by atoms with Gasteiger partial charge < -0.3 is 10.1 Å². The summed E-state index contributed by atoms with van der Waals surface area (Å²) in [5.74, 6) is 0.203. The van der Waals surface area contributed by atoms with Crippen molar-refractivity contribution in [3.63, 3.8) is 0 Å². The van der Waals surface area contributed by atoms with E-state index < -0.39 is 10.9 Å². The largest absolute Gasteiger partial charge is 0.488 e. The second-order valence-corrected chi connectivity index (χ2v) is 3.45. The molecule has 1 aromatic rings. The molecule has 0 fully saturated rings. The van der Waals surface area contributed by atoms with Crippen molar-refractivity contribution >= 4 is 5.69 Å². The van der Waals surface area contributed by atoms with Crippen molar-refractivity contribution in [2.24, 2.45) is 0 Å². The van der Waals surface area contributed by atoms with Crippen molar-refractivity contribution in [3.8, 4) is 5.75 Å². The third kappa shape index (κ3) is 2.19. The van der Waals surface area contributed by atoms with E-state index in [-0.39, 0.29) is 11.8 Å². The van der Waals surface area contributed by atoms with Crippen LogP contribution in [0.5, 0.6) is 5.75 Å². The van der Waals surface area contributed by atoms with Crippen LogP contribution in [0.3, 0.4) is 0 Å². The van der Waals surface area contributed by atoms with E-state index in [1.54, 1.807) is 6.92 Å². The van der Waals surface area contributed by atoms with Gasteiger partial charge in [-0.15, -0.1) is 0 Å². The van der Waals surface area contributed by atoms with Gasteiger partial charge >= 0.3 is 0 Å². The summed E-state index contributed by atoms with van der Waals surface area (Å²) < 4.78 is 5.11. The van der Waals surface area contributed by atoms with Crippen LogP contribution in [0, 0.1) is 0 Å². The number of ether oxygens (including phenoxy) is 1. The van der Waals surface area contributed by atoms with Gasteiger partial charge in [-0.3, -0.25) is 9.59 Å². The molecule has 0 radical (unpaired) electrons. The fourth-order valence-electron chi connectivity index (χ4n) is 1.48. The van der Waals surface area contributed by atoms with Crippen molar-refractivity contribution in [1.29, 1.82) is 0 Å². The predicted molar refractivity (Wildman–Crippen MR) is 60.5 cm³/mol. The zero-order chi connectivity index (χ0) is 11.4. The Hall–Kier alpha value is -1.32. The lowest BCUT2D eigenvalue weighted by Gasteiger charge is -2.19. The van der Waals surface area contributed by atoms with Gasteiger partial charge in [0.05, 0.1) is 6.61 Å². The summed E-state index contributed by atoms with van der Waals surface area (Å²) in [6.07, 6.45) is 1.84. The van der Waals surface area contributed by atoms with Crippen molar-refractivity contribution in [1.82, 2.24) is 0 Å². The van der Waals surface area contributed by atoms with E-state index in [0.717, 1.165) is 12.8 Å². The molecule has 0 spiro atoms. The van der Waals surface area contributed by atoms with E-state index in [0.29, 0.717) is 12.3 Å². The number of hydrogen-bond donors (Lipinski definition) is 1. The zero-order valence-corrected chi connectivity index (χ0v) is 9.42. The molecule has 0 saturated heterocycles. The van der Waals surface area contributed by atoms with Gasteiger partial charge in [-0.2, -0.15) is 0 Å². The van der Waals surface area contributed by atoms with Gasteiger partial charge in [-0.25, -0.2) is 0 Å². The van der Waals surface area contributed by atoms with Gasteiger partial charge in [0.1, 0.15) is 5.69 Å². The first-order chi connectivity index (χ1) is 7.15. The molecular weight excluding hydrogens is 194 g/mol. The van der Waals surface area contributed by atoms with Crippen LogP contribution in [-0.4, -0.2) is 12.6 Å². The van der Waals surface area contributed by atoms with Gasteiger partial charge in [0.25, 0.3) is 10.9 Å². The Bertz CT molecular complexity index is 386. The van der Waals surface area contributed by atoms with E-state index in [9.17, 15) is 9.59 Å². The number of hydrogen-bond acceptors (Lipinski definition) is 4. The first kappa shape index (κ1) is 11.8. The average molecular weight is 211 g/mol. The molecule has 0 unspecified atom stereocenters. The summed E-state index contributed by atoms with van der Waals surface area (Å²) in [4.78, 5) is 22.4.